The monoisotopic (exact) mass is 370 g/mol. The molecule has 3 amide bonds. The van der Waals surface area contributed by atoms with Crippen LogP contribution in [-0.4, -0.2) is 34.3 Å². The molecular weight excluding hydrogens is 352 g/mol. The molecule has 0 atom stereocenters. The van der Waals surface area contributed by atoms with E-state index in [2.05, 4.69) is 5.32 Å². The van der Waals surface area contributed by atoms with Crippen molar-refractivity contribution in [3.8, 4) is 0 Å². The van der Waals surface area contributed by atoms with E-state index in [-0.39, 0.29) is 35.8 Å². The lowest BCUT2D eigenvalue weighted by Gasteiger charge is -2.15. The SMILES string of the molecule is O=C1Cc2cc(C(=O)CN3C(=O)SC(=C4CCCCC4)C3=O)ccc2N1. The Morgan fingerprint density at radius 1 is 1.12 bits per heavy atom. The van der Waals surface area contributed by atoms with Crippen LogP contribution in [0.5, 0.6) is 0 Å². The number of benzene rings is 1. The van der Waals surface area contributed by atoms with Crippen LogP contribution < -0.4 is 5.32 Å². The molecule has 0 bridgehead atoms. The molecule has 1 saturated carbocycles. The summed E-state index contributed by atoms with van der Waals surface area (Å²) < 4.78 is 0. The maximum absolute atomic E-state index is 12.6. The first-order valence-corrected chi connectivity index (χ1v) is 9.56. The van der Waals surface area contributed by atoms with E-state index in [1.807, 2.05) is 0 Å². The number of allylic oxidation sites excluding steroid dienone is 1. The van der Waals surface area contributed by atoms with Gasteiger partial charge in [0.05, 0.1) is 17.9 Å². The number of nitrogens with one attached hydrogen (secondary N) is 1. The van der Waals surface area contributed by atoms with Crippen molar-refractivity contribution in [3.05, 3.63) is 39.8 Å². The van der Waals surface area contributed by atoms with Crippen LogP contribution in [0.1, 0.15) is 48.0 Å². The number of ketones is 1. The van der Waals surface area contributed by atoms with Crippen LogP contribution in [0.15, 0.2) is 28.7 Å². The number of imide groups is 1. The molecule has 4 rings (SSSR count). The fourth-order valence-electron chi connectivity index (χ4n) is 3.59. The Hall–Kier alpha value is -2.41. The van der Waals surface area contributed by atoms with Crippen LogP contribution >= 0.6 is 11.8 Å². The molecule has 2 aliphatic heterocycles. The Morgan fingerprint density at radius 2 is 1.88 bits per heavy atom. The molecule has 1 aliphatic carbocycles. The second-order valence-corrected chi connectivity index (χ2v) is 7.73. The van der Waals surface area contributed by atoms with Crippen LogP contribution in [0, 0.1) is 0 Å². The van der Waals surface area contributed by atoms with Crippen molar-refractivity contribution in [2.75, 3.05) is 11.9 Å². The summed E-state index contributed by atoms with van der Waals surface area (Å²) in [6.07, 6.45) is 5.19. The van der Waals surface area contributed by atoms with Gasteiger partial charge in [-0.05, 0) is 61.2 Å². The van der Waals surface area contributed by atoms with E-state index in [4.69, 9.17) is 0 Å². The van der Waals surface area contributed by atoms with Gasteiger partial charge < -0.3 is 5.32 Å². The summed E-state index contributed by atoms with van der Waals surface area (Å²) in [5, 5.41) is 2.33. The van der Waals surface area contributed by atoms with Gasteiger partial charge in [-0.2, -0.15) is 0 Å². The molecule has 2 heterocycles. The molecule has 0 aromatic heterocycles. The maximum atomic E-state index is 12.6. The smallest absolute Gasteiger partial charge is 0.293 e. The fraction of sp³-hybridized carbons (Fsp3) is 0.368. The Labute approximate surface area is 155 Å². The average molecular weight is 370 g/mol. The van der Waals surface area contributed by atoms with Crippen LogP contribution in [0.2, 0.25) is 0 Å². The lowest BCUT2D eigenvalue weighted by Crippen LogP contribution is -2.33. The summed E-state index contributed by atoms with van der Waals surface area (Å²) in [6.45, 7) is -0.262. The van der Waals surface area contributed by atoms with Crippen LogP contribution in [-0.2, 0) is 16.0 Å². The molecule has 1 saturated heterocycles. The first-order chi connectivity index (χ1) is 12.5. The molecule has 0 spiro atoms. The van der Waals surface area contributed by atoms with Gasteiger partial charge in [-0.3, -0.25) is 24.1 Å². The van der Waals surface area contributed by atoms with Crippen molar-refractivity contribution in [2.45, 2.75) is 38.5 Å². The van der Waals surface area contributed by atoms with Gasteiger partial charge in [0.25, 0.3) is 11.1 Å². The van der Waals surface area contributed by atoms with Crippen molar-refractivity contribution < 1.29 is 19.2 Å². The van der Waals surface area contributed by atoms with Gasteiger partial charge in [-0.15, -0.1) is 0 Å². The number of rotatable bonds is 3. The first-order valence-electron chi connectivity index (χ1n) is 8.74. The van der Waals surface area contributed by atoms with Gasteiger partial charge in [0.15, 0.2) is 5.78 Å². The second kappa shape index (κ2) is 6.72. The molecule has 3 aliphatic rings. The Bertz CT molecular complexity index is 866. The van der Waals surface area contributed by atoms with E-state index in [1.165, 1.54) is 0 Å². The summed E-state index contributed by atoms with van der Waals surface area (Å²) in [5.41, 5.74) is 2.93. The number of carbonyl (C=O) groups excluding carboxylic acids is 4. The minimum absolute atomic E-state index is 0.102. The van der Waals surface area contributed by atoms with Crippen LogP contribution in [0.25, 0.3) is 0 Å². The summed E-state index contributed by atoms with van der Waals surface area (Å²) in [5.74, 6) is -0.748. The molecule has 26 heavy (non-hydrogen) atoms. The van der Waals surface area contributed by atoms with Gasteiger partial charge in [0.1, 0.15) is 0 Å². The zero-order valence-electron chi connectivity index (χ0n) is 14.2. The van der Waals surface area contributed by atoms with E-state index in [1.54, 1.807) is 18.2 Å². The molecular formula is C19H18N2O4S. The number of fused-ring (bicyclic) bond motifs is 1. The summed E-state index contributed by atoms with van der Waals surface area (Å²) in [4.78, 5) is 50.5. The van der Waals surface area contributed by atoms with E-state index in [9.17, 15) is 19.2 Å². The molecule has 0 unspecified atom stereocenters. The molecule has 1 aromatic rings. The summed E-state index contributed by atoms with van der Waals surface area (Å²) in [6, 6.07) is 4.96. The van der Waals surface area contributed by atoms with Crippen LogP contribution in [0.4, 0.5) is 10.5 Å². The predicted octanol–water partition coefficient (Wildman–Crippen LogP) is 3.28. The van der Waals surface area contributed by atoms with Gasteiger partial charge in [-0.1, -0.05) is 12.0 Å². The Kier molecular flexibility index (Phi) is 4.40. The third kappa shape index (κ3) is 3.07. The number of carbonyl (C=O) groups is 4. The minimum atomic E-state index is -0.380. The van der Waals surface area contributed by atoms with E-state index in [0.717, 1.165) is 59.9 Å². The number of Topliss-reactive ketones (excluding diaryl/α,β-unsaturated/α-hetero) is 1. The minimum Gasteiger partial charge on any atom is -0.326 e. The number of amides is 3. The van der Waals surface area contributed by atoms with Crippen molar-refractivity contribution in [1.82, 2.24) is 4.90 Å². The summed E-state index contributed by atoms with van der Waals surface area (Å²) in [7, 11) is 0. The van der Waals surface area contributed by atoms with E-state index in [0.29, 0.717) is 16.2 Å². The number of anilines is 1. The molecule has 2 fully saturated rings. The normalized spacial score (nSPS) is 19.8. The highest BCUT2D eigenvalue weighted by Crippen LogP contribution is 2.38. The molecule has 134 valence electrons. The topological polar surface area (TPSA) is 83.6 Å². The van der Waals surface area contributed by atoms with E-state index >= 15 is 0 Å². The third-order valence-corrected chi connectivity index (χ3v) is 6.04. The van der Waals surface area contributed by atoms with Crippen LogP contribution in [0.3, 0.4) is 0 Å². The molecule has 7 heteroatoms. The number of hydrogen-bond acceptors (Lipinski definition) is 5. The Balaban J connectivity index is 1.51. The van der Waals surface area contributed by atoms with Gasteiger partial charge >= 0.3 is 0 Å². The van der Waals surface area contributed by atoms with E-state index < -0.39 is 0 Å². The molecule has 1 N–H and O–H groups in total. The second-order valence-electron chi connectivity index (χ2n) is 6.77. The highest BCUT2D eigenvalue weighted by Gasteiger charge is 2.38. The van der Waals surface area contributed by atoms with Crippen molar-refractivity contribution in [2.24, 2.45) is 0 Å². The Morgan fingerprint density at radius 3 is 2.65 bits per heavy atom. The highest BCUT2D eigenvalue weighted by atomic mass is 32.2. The highest BCUT2D eigenvalue weighted by molar-refractivity contribution is 8.18. The number of nitrogens with zero attached hydrogens (tertiary/aromatic N) is 1. The van der Waals surface area contributed by atoms with Gasteiger partial charge in [-0.25, -0.2) is 0 Å². The molecule has 6 nitrogen and oxygen atoms in total. The third-order valence-electron chi connectivity index (χ3n) is 4.98. The van der Waals surface area contributed by atoms with Gasteiger partial charge in [0, 0.05) is 11.3 Å². The molecule has 0 radical (unpaired) electrons. The largest absolute Gasteiger partial charge is 0.326 e. The lowest BCUT2D eigenvalue weighted by atomic mass is 9.94. The standard InChI is InChI=1S/C19H18N2O4S/c22-15(12-6-7-14-13(8-12)9-16(23)20-14)10-21-18(24)17(26-19(21)25)11-4-2-1-3-5-11/h6-8H,1-5,9-10H2,(H,20,23). The maximum Gasteiger partial charge on any atom is 0.293 e. The van der Waals surface area contributed by atoms with Gasteiger partial charge in [0.2, 0.25) is 5.91 Å². The lowest BCUT2D eigenvalue weighted by molar-refractivity contribution is -0.122. The zero-order chi connectivity index (χ0) is 18.3. The molecule has 1 aromatic carbocycles. The zero-order valence-corrected chi connectivity index (χ0v) is 15.0. The van der Waals surface area contributed by atoms with Crippen molar-refractivity contribution in [1.29, 1.82) is 0 Å². The predicted molar refractivity (Wildman–Crippen MR) is 97.9 cm³/mol. The quantitative estimate of drug-likeness (QED) is 0.652. The van der Waals surface area contributed by atoms with Crippen molar-refractivity contribution in [3.63, 3.8) is 0 Å². The van der Waals surface area contributed by atoms with Crippen molar-refractivity contribution >= 4 is 40.3 Å². The average Bonchev–Trinajstić information content (AvgIpc) is 3.15. The first kappa shape index (κ1) is 17.0. The fourth-order valence-corrected chi connectivity index (χ4v) is 4.57. The summed E-state index contributed by atoms with van der Waals surface area (Å²) >= 11 is 0.956. The number of hydrogen-bond donors (Lipinski definition) is 1. The number of thioether (sulfide) groups is 1.